The van der Waals surface area contributed by atoms with Crippen molar-refractivity contribution >= 4 is 16.6 Å². The summed E-state index contributed by atoms with van der Waals surface area (Å²) in [4.78, 5) is 0. The van der Waals surface area contributed by atoms with Crippen LogP contribution in [0.3, 0.4) is 0 Å². The third-order valence-corrected chi connectivity index (χ3v) is 19.1. The van der Waals surface area contributed by atoms with Gasteiger partial charge < -0.3 is 8.85 Å². The lowest BCUT2D eigenvalue weighted by molar-refractivity contribution is 0.301. The van der Waals surface area contributed by atoms with Crippen molar-refractivity contribution in [2.45, 2.75) is 142 Å². The van der Waals surface area contributed by atoms with E-state index in [1.807, 2.05) is 0 Å². The summed E-state index contributed by atoms with van der Waals surface area (Å²) < 4.78 is 14.1. The van der Waals surface area contributed by atoms with E-state index in [4.69, 9.17) is 8.85 Å². The summed E-state index contributed by atoms with van der Waals surface area (Å²) >= 11 is 0. The Labute approximate surface area is 225 Å². The Balaban J connectivity index is 1.57. The highest BCUT2D eigenvalue weighted by atomic mass is 28.4. The summed E-state index contributed by atoms with van der Waals surface area (Å²) in [5.74, 6) is 3.58. The highest BCUT2D eigenvalue weighted by Crippen LogP contribution is 2.50. The van der Waals surface area contributed by atoms with Crippen LogP contribution in [0.25, 0.3) is 0 Å². The molecule has 2 atom stereocenters. The minimum atomic E-state index is -1.87. The fraction of sp³-hybridized carbons (Fsp3) is 0.750. The van der Waals surface area contributed by atoms with Crippen molar-refractivity contribution < 1.29 is 8.85 Å². The van der Waals surface area contributed by atoms with E-state index in [9.17, 15) is 0 Å². The number of hydrogen-bond acceptors (Lipinski definition) is 2. The molecule has 0 aromatic heterocycles. The third-order valence-electron chi connectivity index (χ3n) is 10.4. The molecule has 4 heteroatoms. The highest BCUT2D eigenvalue weighted by Gasteiger charge is 2.44. The van der Waals surface area contributed by atoms with Crippen LogP contribution in [0.4, 0.5) is 0 Å². The van der Waals surface area contributed by atoms with Gasteiger partial charge in [0.15, 0.2) is 0 Å². The Morgan fingerprint density at radius 1 is 0.611 bits per heavy atom. The molecule has 0 radical (unpaired) electrons. The molecule has 4 aliphatic carbocycles. The van der Waals surface area contributed by atoms with E-state index >= 15 is 0 Å². The molecule has 4 aliphatic rings. The first kappa shape index (κ1) is 28.0. The highest BCUT2D eigenvalue weighted by molar-refractivity contribution is 6.74. The summed E-state index contributed by atoms with van der Waals surface area (Å²) in [6, 6.07) is 0. The molecular weight excluding hydrogens is 473 g/mol. The molecule has 0 bridgehead atoms. The zero-order valence-electron chi connectivity index (χ0n) is 25.2. The second-order valence-corrected chi connectivity index (χ2v) is 24.5. The van der Waals surface area contributed by atoms with E-state index in [0.717, 1.165) is 0 Å². The molecule has 202 valence electrons. The average molecular weight is 527 g/mol. The standard InChI is InChI=1S/C32H54O2Si2/c1-31(2,3)35(7,8)33-29-21-23-15-11-13-17-25(23)27(29)19-20-28-26-18-14-12-16-24(26)22-30(28)34-36(9,10)32(4,5)6/h21-22,27-28H,11-20H2,1-10H3. The maximum Gasteiger partial charge on any atom is 0.250 e. The van der Waals surface area contributed by atoms with E-state index in [0.29, 0.717) is 11.8 Å². The van der Waals surface area contributed by atoms with Crippen molar-refractivity contribution in [2.75, 3.05) is 0 Å². The van der Waals surface area contributed by atoms with Gasteiger partial charge in [-0.2, -0.15) is 0 Å². The van der Waals surface area contributed by atoms with Crippen LogP contribution in [0.15, 0.2) is 46.0 Å². The van der Waals surface area contributed by atoms with Crippen molar-refractivity contribution in [3.05, 3.63) is 46.0 Å². The summed E-state index contributed by atoms with van der Waals surface area (Å²) in [6.07, 6.45) is 17.7. The summed E-state index contributed by atoms with van der Waals surface area (Å²) in [5, 5.41) is 0.448. The molecular formula is C32H54O2Si2. The molecule has 36 heavy (non-hydrogen) atoms. The molecule has 4 rings (SSSR count). The first-order chi connectivity index (χ1) is 16.6. The quantitative estimate of drug-likeness (QED) is 0.307. The predicted molar refractivity (Wildman–Crippen MR) is 160 cm³/mol. The maximum atomic E-state index is 7.05. The van der Waals surface area contributed by atoms with Crippen molar-refractivity contribution in [3.8, 4) is 0 Å². The lowest BCUT2D eigenvalue weighted by Gasteiger charge is -2.39. The van der Waals surface area contributed by atoms with Crippen LogP contribution in [0.2, 0.25) is 36.3 Å². The van der Waals surface area contributed by atoms with E-state index in [-0.39, 0.29) is 10.1 Å². The Kier molecular flexibility index (Phi) is 7.74. The fourth-order valence-electron chi connectivity index (χ4n) is 5.98. The molecule has 0 spiro atoms. The van der Waals surface area contributed by atoms with Gasteiger partial charge >= 0.3 is 0 Å². The second-order valence-electron chi connectivity index (χ2n) is 15.0. The number of allylic oxidation sites excluding steroid dienone is 6. The summed E-state index contributed by atoms with van der Waals surface area (Å²) in [5.41, 5.74) is 6.64. The van der Waals surface area contributed by atoms with Gasteiger partial charge in [-0.05, 0) is 124 Å². The molecule has 0 amide bonds. The van der Waals surface area contributed by atoms with Gasteiger partial charge in [0.05, 0.1) is 11.5 Å². The fourth-order valence-corrected chi connectivity index (χ4v) is 8.17. The van der Waals surface area contributed by atoms with Gasteiger partial charge in [0, 0.05) is 11.8 Å². The van der Waals surface area contributed by atoms with Gasteiger partial charge in [-0.15, -0.1) is 0 Å². The molecule has 0 aromatic carbocycles. The van der Waals surface area contributed by atoms with Crippen molar-refractivity contribution in [2.24, 2.45) is 11.8 Å². The molecule has 0 saturated heterocycles. The zero-order valence-corrected chi connectivity index (χ0v) is 27.2. The number of rotatable bonds is 7. The zero-order chi connectivity index (χ0) is 26.5. The maximum absolute atomic E-state index is 7.05. The van der Waals surface area contributed by atoms with E-state index < -0.39 is 16.6 Å². The Morgan fingerprint density at radius 3 is 1.28 bits per heavy atom. The first-order valence-corrected chi connectivity index (χ1v) is 20.7. The van der Waals surface area contributed by atoms with Gasteiger partial charge in [0.2, 0.25) is 16.6 Å². The average Bonchev–Trinajstić information content (AvgIpc) is 3.27. The SMILES string of the molecule is CC(C)(C)[Si](C)(C)OC1=CC2=C(CCCC2)C1CCC1C(O[Si](C)(C)C(C)(C)C)=CC2=C1CCCC2. The van der Waals surface area contributed by atoms with Crippen LogP contribution in [0.1, 0.15) is 106 Å². The molecule has 0 heterocycles. The van der Waals surface area contributed by atoms with Crippen LogP contribution in [0.5, 0.6) is 0 Å². The van der Waals surface area contributed by atoms with Gasteiger partial charge in [0.25, 0.3) is 0 Å². The normalized spacial score (nSPS) is 25.5. The van der Waals surface area contributed by atoms with Crippen LogP contribution >= 0.6 is 0 Å². The van der Waals surface area contributed by atoms with Crippen molar-refractivity contribution in [1.82, 2.24) is 0 Å². The molecule has 0 aromatic rings. The van der Waals surface area contributed by atoms with Crippen molar-refractivity contribution in [3.63, 3.8) is 0 Å². The lowest BCUT2D eigenvalue weighted by Crippen LogP contribution is -2.41. The van der Waals surface area contributed by atoms with Crippen LogP contribution < -0.4 is 0 Å². The minimum Gasteiger partial charge on any atom is -0.546 e. The van der Waals surface area contributed by atoms with Crippen LogP contribution in [0, 0.1) is 11.8 Å². The predicted octanol–water partition coefficient (Wildman–Crippen LogP) is 10.6. The van der Waals surface area contributed by atoms with Gasteiger partial charge in [-0.25, -0.2) is 0 Å². The minimum absolute atomic E-state index is 0.224. The monoisotopic (exact) mass is 526 g/mol. The largest absolute Gasteiger partial charge is 0.546 e. The molecule has 0 N–H and O–H groups in total. The van der Waals surface area contributed by atoms with E-state index in [2.05, 4.69) is 79.9 Å². The smallest absolute Gasteiger partial charge is 0.250 e. The topological polar surface area (TPSA) is 18.5 Å². The Morgan fingerprint density at radius 2 is 0.944 bits per heavy atom. The lowest BCUT2D eigenvalue weighted by atomic mass is 9.81. The number of hydrogen-bond donors (Lipinski definition) is 0. The molecule has 0 fully saturated rings. The van der Waals surface area contributed by atoms with Gasteiger partial charge in [0.1, 0.15) is 0 Å². The Hall–Kier alpha value is -1.01. The Bertz CT molecular complexity index is 899. The van der Waals surface area contributed by atoms with Crippen molar-refractivity contribution in [1.29, 1.82) is 0 Å². The molecule has 0 aliphatic heterocycles. The van der Waals surface area contributed by atoms with E-state index in [1.165, 1.54) is 75.7 Å². The van der Waals surface area contributed by atoms with Crippen LogP contribution in [-0.4, -0.2) is 16.6 Å². The molecule has 2 nitrogen and oxygen atoms in total. The molecule has 0 saturated carbocycles. The van der Waals surface area contributed by atoms with Gasteiger partial charge in [-0.3, -0.25) is 0 Å². The summed E-state index contributed by atoms with van der Waals surface area (Å²) in [6.45, 7) is 23.8. The van der Waals surface area contributed by atoms with Crippen LogP contribution in [-0.2, 0) is 8.85 Å². The van der Waals surface area contributed by atoms with Gasteiger partial charge in [-0.1, -0.05) is 52.7 Å². The molecule has 2 unspecified atom stereocenters. The summed E-state index contributed by atoms with van der Waals surface area (Å²) in [7, 11) is -3.73. The van der Waals surface area contributed by atoms with E-state index in [1.54, 1.807) is 22.3 Å². The second kappa shape index (κ2) is 9.95. The first-order valence-electron chi connectivity index (χ1n) is 14.9. The third kappa shape index (κ3) is 5.55.